The van der Waals surface area contributed by atoms with Gasteiger partial charge in [-0.3, -0.25) is 4.79 Å². The lowest BCUT2D eigenvalue weighted by molar-refractivity contribution is -0.679. The molecule has 0 saturated carbocycles. The number of aromatic nitrogens is 2. The third-order valence-electron chi connectivity index (χ3n) is 3.04. The van der Waals surface area contributed by atoms with E-state index in [1.165, 1.54) is 16.7 Å². The highest BCUT2D eigenvalue weighted by Crippen LogP contribution is 2.25. The summed E-state index contributed by atoms with van der Waals surface area (Å²) in [5, 5.41) is 0. The number of Topliss-reactive ketones (excluding diaryl/α,β-unsaturated/α-hetero) is 1. The molecule has 0 aliphatic rings. The molecular formula is C13H14F3IN2O. The molecule has 2 aromatic heterocycles. The predicted molar refractivity (Wildman–Crippen MR) is 63.0 cm³/mol. The Labute approximate surface area is 131 Å². The molecule has 3 nitrogen and oxygen atoms in total. The second kappa shape index (κ2) is 5.71. The molecule has 0 radical (unpaired) electrons. The monoisotopic (exact) mass is 398 g/mol. The van der Waals surface area contributed by atoms with Crippen LogP contribution in [-0.2, 0) is 7.05 Å². The Morgan fingerprint density at radius 2 is 1.90 bits per heavy atom. The number of fused-ring (bicyclic) bond motifs is 1. The van der Waals surface area contributed by atoms with Gasteiger partial charge in [-0.25, -0.2) is 4.57 Å². The van der Waals surface area contributed by atoms with Crippen molar-refractivity contribution >= 4 is 11.3 Å². The van der Waals surface area contributed by atoms with Crippen LogP contribution in [0.1, 0.15) is 35.9 Å². The number of carbonyl (C=O) groups is 1. The lowest BCUT2D eigenvalue weighted by Crippen LogP contribution is -3.00. The van der Waals surface area contributed by atoms with Crippen molar-refractivity contribution in [1.82, 2.24) is 4.40 Å². The number of aryl methyl sites for hydroxylation is 1. The zero-order valence-corrected chi connectivity index (χ0v) is 13.4. The Hall–Kier alpha value is -1.12. The molecule has 0 saturated heterocycles. The molecule has 0 fully saturated rings. The van der Waals surface area contributed by atoms with Gasteiger partial charge in [0.25, 0.3) is 5.78 Å². The van der Waals surface area contributed by atoms with E-state index in [4.69, 9.17) is 0 Å². The fourth-order valence-electron chi connectivity index (χ4n) is 2.28. The first kappa shape index (κ1) is 16.9. The van der Waals surface area contributed by atoms with Crippen LogP contribution < -0.4 is 28.5 Å². The van der Waals surface area contributed by atoms with Crippen molar-refractivity contribution in [3.05, 3.63) is 35.9 Å². The van der Waals surface area contributed by atoms with Gasteiger partial charge < -0.3 is 28.4 Å². The minimum Gasteiger partial charge on any atom is -1.00 e. The highest BCUT2D eigenvalue weighted by Gasteiger charge is 2.41. The van der Waals surface area contributed by atoms with Crippen LogP contribution in [0.3, 0.4) is 0 Å². The molecule has 0 aliphatic carbocycles. The lowest BCUT2D eigenvalue weighted by atomic mass is 10.1. The normalized spacial score (nSPS) is 11.8. The first-order chi connectivity index (χ1) is 8.73. The molecule has 0 spiro atoms. The van der Waals surface area contributed by atoms with Crippen molar-refractivity contribution in [1.29, 1.82) is 0 Å². The summed E-state index contributed by atoms with van der Waals surface area (Å²) in [6.07, 6.45) is -1.74. The zero-order valence-electron chi connectivity index (χ0n) is 11.2. The molecule has 2 rings (SSSR count). The Morgan fingerprint density at radius 3 is 2.40 bits per heavy atom. The van der Waals surface area contributed by atoms with Crippen LogP contribution in [0.25, 0.3) is 5.52 Å². The van der Waals surface area contributed by atoms with Crippen molar-refractivity contribution in [2.24, 2.45) is 7.05 Å². The number of ketones is 1. The number of carbonyl (C=O) groups excluding carboxylic acids is 1. The molecule has 20 heavy (non-hydrogen) atoms. The van der Waals surface area contributed by atoms with Crippen LogP contribution in [0, 0.1) is 0 Å². The largest absolute Gasteiger partial charge is 1.00 e. The Kier molecular flexibility index (Phi) is 4.83. The molecular weight excluding hydrogens is 384 g/mol. The number of rotatable bonds is 2. The van der Waals surface area contributed by atoms with E-state index in [9.17, 15) is 18.0 Å². The van der Waals surface area contributed by atoms with E-state index in [0.717, 1.165) is 5.69 Å². The van der Waals surface area contributed by atoms with Crippen LogP contribution >= 0.6 is 0 Å². The summed E-state index contributed by atoms with van der Waals surface area (Å²) in [6, 6.07) is 2.77. The van der Waals surface area contributed by atoms with Gasteiger partial charge in [0.2, 0.25) is 5.69 Å². The zero-order chi connectivity index (χ0) is 14.4. The molecule has 0 amide bonds. The van der Waals surface area contributed by atoms with E-state index in [1.807, 2.05) is 25.5 Å². The minimum absolute atomic E-state index is 0. The van der Waals surface area contributed by atoms with E-state index < -0.39 is 12.0 Å². The molecule has 0 aliphatic heterocycles. The molecule has 7 heteroatoms. The van der Waals surface area contributed by atoms with Gasteiger partial charge >= 0.3 is 6.18 Å². The Morgan fingerprint density at radius 1 is 1.30 bits per heavy atom. The van der Waals surface area contributed by atoms with E-state index >= 15 is 0 Å². The van der Waals surface area contributed by atoms with Crippen LogP contribution in [0.2, 0.25) is 0 Å². The van der Waals surface area contributed by atoms with Gasteiger partial charge in [0.05, 0.1) is 11.9 Å². The Bertz CT molecular complexity index is 647. The summed E-state index contributed by atoms with van der Waals surface area (Å²) in [7, 11) is 1.83. The fourth-order valence-corrected chi connectivity index (χ4v) is 2.28. The third kappa shape index (κ3) is 2.82. The van der Waals surface area contributed by atoms with Gasteiger partial charge in [-0.15, -0.1) is 0 Å². The van der Waals surface area contributed by atoms with E-state index in [-0.39, 0.29) is 35.6 Å². The van der Waals surface area contributed by atoms with Crippen LogP contribution in [0.5, 0.6) is 0 Å². The highest BCUT2D eigenvalue weighted by molar-refractivity contribution is 6.00. The topological polar surface area (TPSA) is 25.4 Å². The van der Waals surface area contributed by atoms with E-state index in [2.05, 4.69) is 0 Å². The minimum atomic E-state index is -4.86. The van der Waals surface area contributed by atoms with Crippen LogP contribution in [-0.4, -0.2) is 16.4 Å². The summed E-state index contributed by atoms with van der Waals surface area (Å²) < 4.78 is 40.7. The molecule has 2 heterocycles. The molecule has 0 atom stereocenters. The SMILES string of the molecule is CC(C)c1c2ccc(C(=O)C(F)(F)F)n2cc[n+]1C.[I-]. The summed E-state index contributed by atoms with van der Waals surface area (Å²) in [4.78, 5) is 11.4. The van der Waals surface area contributed by atoms with E-state index in [0.29, 0.717) is 5.52 Å². The lowest BCUT2D eigenvalue weighted by Gasteiger charge is -2.08. The van der Waals surface area contributed by atoms with E-state index in [1.54, 1.807) is 12.3 Å². The molecule has 0 unspecified atom stereocenters. The van der Waals surface area contributed by atoms with Crippen molar-refractivity contribution in [3.63, 3.8) is 0 Å². The van der Waals surface area contributed by atoms with Gasteiger partial charge in [0, 0.05) is 5.92 Å². The first-order valence-corrected chi connectivity index (χ1v) is 5.84. The fraction of sp³-hybridized carbons (Fsp3) is 0.385. The summed E-state index contributed by atoms with van der Waals surface area (Å²) in [5.74, 6) is -1.69. The van der Waals surface area contributed by atoms with Crippen molar-refractivity contribution < 1.29 is 46.5 Å². The van der Waals surface area contributed by atoms with Crippen LogP contribution in [0.4, 0.5) is 13.2 Å². The molecule has 0 aromatic carbocycles. The van der Waals surface area contributed by atoms with Crippen molar-refractivity contribution in [2.45, 2.75) is 25.9 Å². The van der Waals surface area contributed by atoms with Gasteiger partial charge in [-0.05, 0) is 12.1 Å². The smallest absolute Gasteiger partial charge is 0.456 e. The predicted octanol–water partition coefficient (Wildman–Crippen LogP) is -0.364. The second-order valence-electron chi connectivity index (χ2n) is 4.75. The van der Waals surface area contributed by atoms with Gasteiger partial charge in [0.15, 0.2) is 6.20 Å². The molecule has 0 N–H and O–H groups in total. The first-order valence-electron chi connectivity index (χ1n) is 5.84. The average Bonchev–Trinajstić information content (AvgIpc) is 2.69. The third-order valence-corrected chi connectivity index (χ3v) is 3.04. The average molecular weight is 398 g/mol. The maximum atomic E-state index is 12.5. The number of halogens is 4. The van der Waals surface area contributed by atoms with Gasteiger partial charge in [-0.1, -0.05) is 13.8 Å². The quantitative estimate of drug-likeness (QED) is 0.386. The van der Waals surface area contributed by atoms with Gasteiger partial charge in [-0.2, -0.15) is 13.2 Å². The maximum absolute atomic E-state index is 12.5. The standard InChI is InChI=1S/C13H14F3N2O.HI/c1-8(2)11-9-4-5-10(12(19)13(14,15)16)18(9)7-6-17(11)3;/h4-8H,1-3H3;1H/q+1;/p-1. The number of nitrogens with zero attached hydrogens (tertiary/aromatic N) is 2. The van der Waals surface area contributed by atoms with Gasteiger partial charge in [0.1, 0.15) is 12.6 Å². The number of hydrogen-bond donors (Lipinski definition) is 0. The molecule has 0 bridgehead atoms. The van der Waals surface area contributed by atoms with Crippen LogP contribution in [0.15, 0.2) is 24.5 Å². The van der Waals surface area contributed by atoms with Crippen molar-refractivity contribution in [3.8, 4) is 0 Å². The summed E-state index contributed by atoms with van der Waals surface area (Å²) in [6.45, 7) is 3.90. The second-order valence-corrected chi connectivity index (χ2v) is 4.75. The molecule has 110 valence electrons. The maximum Gasteiger partial charge on any atom is 0.456 e. The summed E-state index contributed by atoms with van der Waals surface area (Å²) in [5.41, 5.74) is 1.14. The number of hydrogen-bond acceptors (Lipinski definition) is 1. The molecule has 2 aromatic rings. The Balaban J connectivity index is 0.00000200. The highest BCUT2D eigenvalue weighted by atomic mass is 127. The summed E-state index contributed by atoms with van der Waals surface area (Å²) >= 11 is 0. The number of alkyl halides is 3. The van der Waals surface area contributed by atoms with Crippen molar-refractivity contribution in [2.75, 3.05) is 0 Å².